The Kier molecular flexibility index (Phi) is 6.71. The van der Waals surface area contributed by atoms with Gasteiger partial charge in [0.15, 0.2) is 0 Å². The summed E-state index contributed by atoms with van der Waals surface area (Å²) in [4.78, 5) is 57.5. The van der Waals surface area contributed by atoms with Gasteiger partial charge in [-0.25, -0.2) is 0 Å². The van der Waals surface area contributed by atoms with Crippen LogP contribution in [-0.2, 0) is 22.6 Å². The molecule has 36 heavy (non-hydrogen) atoms. The normalized spacial score (nSPS) is 21.9. The summed E-state index contributed by atoms with van der Waals surface area (Å²) in [7, 11) is 0. The van der Waals surface area contributed by atoms with E-state index in [0.717, 1.165) is 36.8 Å². The Morgan fingerprint density at radius 3 is 2.81 bits per heavy atom. The molecule has 5 rings (SSSR count). The topological polar surface area (TPSA) is 109 Å². The first kappa shape index (κ1) is 24.0. The van der Waals surface area contributed by atoms with E-state index in [1.165, 1.54) is 4.90 Å². The predicted molar refractivity (Wildman–Crippen MR) is 130 cm³/mol. The lowest BCUT2D eigenvalue weighted by Gasteiger charge is -2.35. The number of nitrogens with zero attached hydrogens (tertiary/aromatic N) is 3. The number of piperidine rings is 2. The number of amides is 4. The van der Waals surface area contributed by atoms with E-state index in [1.807, 2.05) is 24.0 Å². The molecule has 1 unspecified atom stereocenters. The van der Waals surface area contributed by atoms with Crippen LogP contribution < -0.4 is 10.1 Å². The van der Waals surface area contributed by atoms with Crippen LogP contribution in [0.25, 0.3) is 0 Å². The van der Waals surface area contributed by atoms with E-state index in [2.05, 4.69) is 10.3 Å². The second-order valence-corrected chi connectivity index (χ2v) is 9.61. The molecular weight excluding hydrogens is 460 g/mol. The van der Waals surface area contributed by atoms with Crippen LogP contribution in [0.5, 0.6) is 5.75 Å². The van der Waals surface area contributed by atoms with Gasteiger partial charge in [0.25, 0.3) is 11.8 Å². The lowest BCUT2D eigenvalue weighted by molar-refractivity contribution is -0.136. The van der Waals surface area contributed by atoms with Gasteiger partial charge in [-0.15, -0.1) is 0 Å². The van der Waals surface area contributed by atoms with Gasteiger partial charge in [0, 0.05) is 37.5 Å². The molecule has 1 aromatic heterocycles. The Morgan fingerprint density at radius 1 is 1.14 bits per heavy atom. The molecule has 2 aromatic rings. The molecule has 0 radical (unpaired) electrons. The van der Waals surface area contributed by atoms with E-state index in [4.69, 9.17) is 4.74 Å². The molecule has 2 atom stereocenters. The second kappa shape index (κ2) is 10.1. The number of pyridine rings is 1. The number of likely N-dealkylation sites (tertiary alicyclic amines) is 1. The fraction of sp³-hybridized carbons (Fsp3) is 0.444. The highest BCUT2D eigenvalue weighted by Crippen LogP contribution is 2.30. The number of imide groups is 1. The number of aryl methyl sites for hydroxylation is 1. The van der Waals surface area contributed by atoms with Gasteiger partial charge in [0.1, 0.15) is 18.4 Å². The summed E-state index contributed by atoms with van der Waals surface area (Å²) in [5.74, 6) is -0.339. The summed E-state index contributed by atoms with van der Waals surface area (Å²) in [5.41, 5.74) is 2.97. The van der Waals surface area contributed by atoms with Crippen molar-refractivity contribution in [2.45, 2.75) is 64.1 Å². The van der Waals surface area contributed by atoms with Gasteiger partial charge in [-0.1, -0.05) is 6.92 Å². The van der Waals surface area contributed by atoms with Gasteiger partial charge in [-0.05, 0) is 67.5 Å². The summed E-state index contributed by atoms with van der Waals surface area (Å²) in [6, 6.07) is 6.54. The molecule has 1 aromatic carbocycles. The maximum absolute atomic E-state index is 13.2. The van der Waals surface area contributed by atoms with Crippen molar-refractivity contribution in [2.75, 3.05) is 13.2 Å². The van der Waals surface area contributed by atoms with Crippen molar-refractivity contribution in [1.29, 1.82) is 0 Å². The summed E-state index contributed by atoms with van der Waals surface area (Å²) in [6.07, 6.45) is 7.64. The van der Waals surface area contributed by atoms with E-state index in [9.17, 15) is 19.2 Å². The van der Waals surface area contributed by atoms with Gasteiger partial charge in [0.05, 0.1) is 11.6 Å². The molecule has 4 amide bonds. The number of benzene rings is 1. The lowest BCUT2D eigenvalue weighted by Crippen LogP contribution is -2.52. The fourth-order valence-corrected chi connectivity index (χ4v) is 5.24. The van der Waals surface area contributed by atoms with Crippen molar-refractivity contribution in [1.82, 2.24) is 20.1 Å². The van der Waals surface area contributed by atoms with Crippen LogP contribution in [0.2, 0.25) is 0 Å². The Bertz CT molecular complexity index is 1210. The zero-order valence-corrected chi connectivity index (χ0v) is 20.4. The van der Waals surface area contributed by atoms with Crippen molar-refractivity contribution in [3.8, 4) is 5.75 Å². The first-order chi connectivity index (χ1) is 17.4. The van der Waals surface area contributed by atoms with Crippen molar-refractivity contribution in [3.05, 3.63) is 58.9 Å². The summed E-state index contributed by atoms with van der Waals surface area (Å²) in [5, 5.41) is 2.32. The average molecular weight is 491 g/mol. The van der Waals surface area contributed by atoms with E-state index in [0.29, 0.717) is 43.0 Å². The van der Waals surface area contributed by atoms with Gasteiger partial charge >= 0.3 is 0 Å². The van der Waals surface area contributed by atoms with Crippen LogP contribution in [0.3, 0.4) is 0 Å². The highest BCUT2D eigenvalue weighted by molar-refractivity contribution is 6.05. The van der Waals surface area contributed by atoms with Gasteiger partial charge in [-0.3, -0.25) is 29.5 Å². The highest BCUT2D eigenvalue weighted by atomic mass is 16.5. The lowest BCUT2D eigenvalue weighted by atomic mass is 10.0. The number of hydrogen-bond acceptors (Lipinski definition) is 6. The minimum atomic E-state index is -0.644. The minimum Gasteiger partial charge on any atom is -0.491 e. The molecule has 2 saturated heterocycles. The molecular formula is C27H30N4O5. The SMILES string of the molecule is CCc1cncc(C(=O)N2CCCC[C@H]2COc2ccc3c(c2)CN(C2CCC(=O)NC2=O)C3=O)c1. The molecule has 2 fully saturated rings. The third-order valence-electron chi connectivity index (χ3n) is 7.28. The molecule has 0 saturated carbocycles. The molecule has 0 aliphatic carbocycles. The largest absolute Gasteiger partial charge is 0.491 e. The number of hydrogen-bond donors (Lipinski definition) is 1. The Balaban J connectivity index is 1.25. The zero-order chi connectivity index (χ0) is 25.2. The number of carbonyl (C=O) groups is 4. The summed E-state index contributed by atoms with van der Waals surface area (Å²) in [6.45, 7) is 3.38. The molecule has 1 N–H and O–H groups in total. The van der Waals surface area contributed by atoms with Crippen molar-refractivity contribution in [2.24, 2.45) is 0 Å². The van der Waals surface area contributed by atoms with Crippen LogP contribution in [-0.4, -0.2) is 63.6 Å². The molecule has 188 valence electrons. The fourth-order valence-electron chi connectivity index (χ4n) is 5.24. The molecule has 3 aliphatic rings. The molecule has 0 bridgehead atoms. The minimum absolute atomic E-state index is 0.0227. The van der Waals surface area contributed by atoms with Crippen molar-refractivity contribution < 1.29 is 23.9 Å². The molecule has 9 nitrogen and oxygen atoms in total. The average Bonchev–Trinajstić information content (AvgIpc) is 3.22. The molecule has 4 heterocycles. The molecule has 0 spiro atoms. The highest BCUT2D eigenvalue weighted by Gasteiger charge is 2.39. The van der Waals surface area contributed by atoms with E-state index in [1.54, 1.807) is 24.5 Å². The Labute approximate surface area is 209 Å². The smallest absolute Gasteiger partial charge is 0.255 e. The first-order valence-electron chi connectivity index (χ1n) is 12.6. The van der Waals surface area contributed by atoms with Gasteiger partial charge in [-0.2, -0.15) is 0 Å². The Morgan fingerprint density at radius 2 is 2.00 bits per heavy atom. The number of fused-ring (bicyclic) bond motifs is 1. The quantitative estimate of drug-likeness (QED) is 0.623. The second-order valence-electron chi connectivity index (χ2n) is 9.61. The van der Waals surface area contributed by atoms with Crippen LogP contribution in [0.4, 0.5) is 0 Å². The van der Waals surface area contributed by atoms with Gasteiger partial charge in [0.2, 0.25) is 11.8 Å². The van der Waals surface area contributed by atoms with E-state index in [-0.39, 0.29) is 30.2 Å². The number of ether oxygens (including phenoxy) is 1. The number of carbonyl (C=O) groups excluding carboxylic acids is 4. The zero-order valence-electron chi connectivity index (χ0n) is 20.4. The summed E-state index contributed by atoms with van der Waals surface area (Å²) >= 11 is 0. The summed E-state index contributed by atoms with van der Waals surface area (Å²) < 4.78 is 6.12. The number of nitrogens with one attached hydrogen (secondary N) is 1. The predicted octanol–water partition coefficient (Wildman–Crippen LogP) is 2.48. The standard InChI is InChI=1S/C27H30N4O5/c1-2-17-11-18(14-28-13-17)26(34)30-10-4-3-5-20(30)16-36-21-6-7-22-19(12-21)15-31(27(22)35)23-8-9-24(32)29-25(23)33/h6-7,11-14,20,23H,2-5,8-10,15-16H2,1H3,(H,29,32,33)/t20-,23?/m0/s1. The third-order valence-corrected chi connectivity index (χ3v) is 7.28. The van der Waals surface area contributed by atoms with Crippen molar-refractivity contribution >= 4 is 23.6 Å². The van der Waals surface area contributed by atoms with Crippen LogP contribution in [0, 0.1) is 0 Å². The van der Waals surface area contributed by atoms with Crippen LogP contribution >= 0.6 is 0 Å². The monoisotopic (exact) mass is 490 g/mol. The number of rotatable bonds is 6. The molecule has 3 aliphatic heterocycles. The molecule has 9 heteroatoms. The van der Waals surface area contributed by atoms with Crippen LogP contribution in [0.1, 0.15) is 70.9 Å². The number of aromatic nitrogens is 1. The van der Waals surface area contributed by atoms with E-state index >= 15 is 0 Å². The van der Waals surface area contributed by atoms with Crippen molar-refractivity contribution in [3.63, 3.8) is 0 Å². The first-order valence-corrected chi connectivity index (χ1v) is 12.6. The Hall–Kier alpha value is -3.75. The maximum atomic E-state index is 13.2. The maximum Gasteiger partial charge on any atom is 0.255 e. The third kappa shape index (κ3) is 4.69. The van der Waals surface area contributed by atoms with E-state index < -0.39 is 11.9 Å². The van der Waals surface area contributed by atoms with Gasteiger partial charge < -0.3 is 14.5 Å². The van der Waals surface area contributed by atoms with Crippen LogP contribution in [0.15, 0.2) is 36.7 Å².